The van der Waals surface area contributed by atoms with Crippen LogP contribution in [0.3, 0.4) is 0 Å². The highest BCUT2D eigenvalue weighted by molar-refractivity contribution is 7.17. The SMILES string of the molecule is Cc1nc(N)sc1C(=O)NN=Cc1cccc(O)c1. The first kappa shape index (κ1) is 13.0. The summed E-state index contributed by atoms with van der Waals surface area (Å²) >= 11 is 1.11. The molecule has 0 atom stereocenters. The van der Waals surface area contributed by atoms with Crippen LogP contribution in [0.1, 0.15) is 20.9 Å². The van der Waals surface area contributed by atoms with E-state index < -0.39 is 0 Å². The van der Waals surface area contributed by atoms with Crippen LogP contribution in [0.15, 0.2) is 29.4 Å². The average Bonchev–Trinajstić information content (AvgIpc) is 2.68. The van der Waals surface area contributed by atoms with Crippen LogP contribution in [0, 0.1) is 6.92 Å². The van der Waals surface area contributed by atoms with E-state index in [0.717, 1.165) is 11.3 Å². The van der Waals surface area contributed by atoms with Crippen molar-refractivity contribution >= 4 is 28.6 Å². The summed E-state index contributed by atoms with van der Waals surface area (Å²) in [6.07, 6.45) is 1.44. The van der Waals surface area contributed by atoms with Gasteiger partial charge in [0.25, 0.3) is 5.91 Å². The number of hydrogen-bond donors (Lipinski definition) is 3. The molecule has 19 heavy (non-hydrogen) atoms. The van der Waals surface area contributed by atoms with Crippen LogP contribution in [-0.4, -0.2) is 22.2 Å². The number of rotatable bonds is 3. The number of aromatic hydroxyl groups is 1. The highest BCUT2D eigenvalue weighted by Crippen LogP contribution is 2.19. The van der Waals surface area contributed by atoms with Gasteiger partial charge in [0.1, 0.15) is 10.6 Å². The topological polar surface area (TPSA) is 101 Å². The molecular formula is C12H12N4O2S. The van der Waals surface area contributed by atoms with Gasteiger partial charge in [-0.05, 0) is 24.6 Å². The third-order valence-corrected chi connectivity index (χ3v) is 3.25. The van der Waals surface area contributed by atoms with Crippen molar-refractivity contribution in [1.29, 1.82) is 0 Å². The molecule has 1 heterocycles. The molecule has 1 amide bonds. The molecule has 6 nitrogen and oxygen atoms in total. The molecule has 0 spiro atoms. The zero-order valence-electron chi connectivity index (χ0n) is 10.1. The Bertz CT molecular complexity index is 636. The molecule has 0 unspecified atom stereocenters. The predicted octanol–water partition coefficient (Wildman–Crippen LogP) is 1.50. The maximum absolute atomic E-state index is 11.8. The van der Waals surface area contributed by atoms with E-state index in [-0.39, 0.29) is 11.7 Å². The summed E-state index contributed by atoms with van der Waals surface area (Å²) in [4.78, 5) is 16.2. The molecule has 1 aromatic heterocycles. The zero-order chi connectivity index (χ0) is 13.8. The summed E-state index contributed by atoms with van der Waals surface area (Å²) in [5, 5.41) is 13.4. The van der Waals surface area contributed by atoms with Crippen LogP contribution < -0.4 is 11.2 Å². The summed E-state index contributed by atoms with van der Waals surface area (Å²) in [5.74, 6) is -0.218. The second-order valence-corrected chi connectivity index (χ2v) is 4.79. The van der Waals surface area contributed by atoms with Gasteiger partial charge in [-0.15, -0.1) is 0 Å². The minimum absolute atomic E-state index is 0.140. The van der Waals surface area contributed by atoms with E-state index in [0.29, 0.717) is 21.3 Å². The Morgan fingerprint density at radius 3 is 3.00 bits per heavy atom. The first-order valence-corrected chi connectivity index (χ1v) is 6.23. The van der Waals surface area contributed by atoms with Crippen molar-refractivity contribution < 1.29 is 9.90 Å². The first-order valence-electron chi connectivity index (χ1n) is 5.41. The van der Waals surface area contributed by atoms with Crippen LogP contribution in [0.25, 0.3) is 0 Å². The standard InChI is InChI=1S/C12H12N4O2S/c1-7-10(19-12(13)15-7)11(18)16-14-6-8-3-2-4-9(17)5-8/h2-6,17H,1H3,(H2,13,15)(H,16,18). The van der Waals surface area contributed by atoms with Crippen molar-refractivity contribution in [1.82, 2.24) is 10.4 Å². The summed E-state index contributed by atoms with van der Waals surface area (Å²) in [6.45, 7) is 1.71. The van der Waals surface area contributed by atoms with Gasteiger partial charge in [-0.2, -0.15) is 5.10 Å². The Morgan fingerprint density at radius 1 is 1.58 bits per heavy atom. The van der Waals surface area contributed by atoms with Crippen LogP contribution >= 0.6 is 11.3 Å². The number of nitrogen functional groups attached to an aromatic ring is 1. The number of phenols is 1. The lowest BCUT2D eigenvalue weighted by Crippen LogP contribution is -2.17. The van der Waals surface area contributed by atoms with Crippen LogP contribution in [0.5, 0.6) is 5.75 Å². The van der Waals surface area contributed by atoms with E-state index in [1.165, 1.54) is 12.3 Å². The molecule has 0 bridgehead atoms. The Hall–Kier alpha value is -2.41. The van der Waals surface area contributed by atoms with Crippen molar-refractivity contribution in [2.45, 2.75) is 6.92 Å². The number of hydrazone groups is 1. The number of nitrogens with two attached hydrogens (primary N) is 1. The van der Waals surface area contributed by atoms with Crippen molar-refractivity contribution in [3.8, 4) is 5.75 Å². The molecule has 0 aliphatic heterocycles. The van der Waals surface area contributed by atoms with Gasteiger partial charge in [-0.25, -0.2) is 10.4 Å². The molecular weight excluding hydrogens is 264 g/mol. The fourth-order valence-electron chi connectivity index (χ4n) is 1.45. The Morgan fingerprint density at radius 2 is 2.37 bits per heavy atom. The number of nitrogens with zero attached hydrogens (tertiary/aromatic N) is 2. The predicted molar refractivity (Wildman–Crippen MR) is 74.4 cm³/mol. The molecule has 4 N–H and O–H groups in total. The lowest BCUT2D eigenvalue weighted by Gasteiger charge is -1.97. The molecule has 0 saturated heterocycles. The fraction of sp³-hybridized carbons (Fsp3) is 0.0833. The van der Waals surface area contributed by atoms with Gasteiger partial charge < -0.3 is 10.8 Å². The van der Waals surface area contributed by atoms with E-state index in [2.05, 4.69) is 15.5 Å². The van der Waals surface area contributed by atoms with Crippen LogP contribution in [0.2, 0.25) is 0 Å². The number of amides is 1. The van der Waals surface area contributed by atoms with E-state index in [4.69, 9.17) is 5.73 Å². The van der Waals surface area contributed by atoms with Crippen molar-refractivity contribution in [2.75, 3.05) is 5.73 Å². The van der Waals surface area contributed by atoms with E-state index in [1.807, 2.05) is 0 Å². The quantitative estimate of drug-likeness (QED) is 0.584. The molecule has 0 radical (unpaired) electrons. The number of aryl methyl sites for hydroxylation is 1. The minimum Gasteiger partial charge on any atom is -0.508 e. The maximum Gasteiger partial charge on any atom is 0.283 e. The fourth-order valence-corrected chi connectivity index (χ4v) is 2.17. The monoisotopic (exact) mass is 276 g/mol. The smallest absolute Gasteiger partial charge is 0.283 e. The number of thiazole rings is 1. The number of carbonyl (C=O) groups excluding carboxylic acids is 1. The highest BCUT2D eigenvalue weighted by Gasteiger charge is 2.13. The van der Waals surface area contributed by atoms with Gasteiger partial charge in [0, 0.05) is 0 Å². The normalized spacial score (nSPS) is 10.8. The lowest BCUT2D eigenvalue weighted by molar-refractivity contribution is 0.0958. The minimum atomic E-state index is -0.358. The molecule has 2 rings (SSSR count). The number of aromatic nitrogens is 1. The lowest BCUT2D eigenvalue weighted by atomic mass is 10.2. The Kier molecular flexibility index (Phi) is 3.76. The summed E-state index contributed by atoms with van der Waals surface area (Å²) in [7, 11) is 0. The van der Waals surface area contributed by atoms with Gasteiger partial charge in [-0.3, -0.25) is 4.79 Å². The van der Waals surface area contributed by atoms with Crippen molar-refractivity contribution in [2.24, 2.45) is 5.10 Å². The summed E-state index contributed by atoms with van der Waals surface area (Å²) in [6, 6.07) is 6.53. The maximum atomic E-state index is 11.8. The summed E-state index contributed by atoms with van der Waals surface area (Å²) in [5.41, 5.74) is 9.16. The number of anilines is 1. The second kappa shape index (κ2) is 5.49. The Balaban J connectivity index is 2.03. The highest BCUT2D eigenvalue weighted by atomic mass is 32.1. The van der Waals surface area contributed by atoms with Crippen LogP contribution in [0.4, 0.5) is 5.13 Å². The molecule has 7 heteroatoms. The second-order valence-electron chi connectivity index (χ2n) is 3.76. The number of benzene rings is 1. The van der Waals surface area contributed by atoms with Gasteiger partial charge in [0.05, 0.1) is 11.9 Å². The molecule has 98 valence electrons. The zero-order valence-corrected chi connectivity index (χ0v) is 10.9. The molecule has 1 aromatic carbocycles. The van der Waals surface area contributed by atoms with E-state index >= 15 is 0 Å². The van der Waals surface area contributed by atoms with Crippen molar-refractivity contribution in [3.05, 3.63) is 40.4 Å². The average molecular weight is 276 g/mol. The Labute approximate surface area is 113 Å². The number of hydrogen-bond acceptors (Lipinski definition) is 6. The number of carbonyl (C=O) groups is 1. The molecule has 0 aliphatic carbocycles. The van der Waals surface area contributed by atoms with Gasteiger partial charge in [0.2, 0.25) is 0 Å². The van der Waals surface area contributed by atoms with E-state index in [1.54, 1.807) is 25.1 Å². The molecule has 2 aromatic rings. The molecule has 0 fully saturated rings. The third kappa shape index (κ3) is 3.29. The van der Waals surface area contributed by atoms with E-state index in [9.17, 15) is 9.90 Å². The van der Waals surface area contributed by atoms with Crippen LogP contribution in [-0.2, 0) is 0 Å². The molecule has 0 saturated carbocycles. The molecule has 0 aliphatic rings. The first-order chi connectivity index (χ1) is 9.06. The van der Waals surface area contributed by atoms with Gasteiger partial charge in [0.15, 0.2) is 5.13 Å². The van der Waals surface area contributed by atoms with Gasteiger partial charge in [-0.1, -0.05) is 23.5 Å². The van der Waals surface area contributed by atoms with Gasteiger partial charge >= 0.3 is 0 Å². The van der Waals surface area contributed by atoms with Crippen molar-refractivity contribution in [3.63, 3.8) is 0 Å². The largest absolute Gasteiger partial charge is 0.508 e. The number of phenolic OH excluding ortho intramolecular Hbond substituents is 1. The number of nitrogens with one attached hydrogen (secondary N) is 1. The summed E-state index contributed by atoms with van der Waals surface area (Å²) < 4.78 is 0. The third-order valence-electron chi connectivity index (χ3n) is 2.27.